The zero-order valence-corrected chi connectivity index (χ0v) is 5.85. The maximum atomic E-state index is 10.7. The van der Waals surface area contributed by atoms with Crippen LogP contribution in [0.3, 0.4) is 0 Å². The van der Waals surface area contributed by atoms with E-state index in [2.05, 4.69) is 0 Å². The maximum absolute atomic E-state index is 10.7. The molecule has 2 N–H and O–H groups in total. The van der Waals surface area contributed by atoms with Gasteiger partial charge in [0.15, 0.2) is 0 Å². The van der Waals surface area contributed by atoms with Gasteiger partial charge in [0.05, 0.1) is 4.90 Å². The number of sulfonamides is 1. The largest absolute Gasteiger partial charge is 0.238 e. The average molecular weight is 155 g/mol. The molecule has 2 aliphatic rings. The quantitative estimate of drug-likeness (QED) is 0.644. The number of benzene rings is 1. The van der Waals surface area contributed by atoms with Gasteiger partial charge in [-0.25, -0.2) is 13.6 Å². The molecule has 0 spiro atoms. The smallest absolute Gasteiger partial charge is 0.225 e. The zero-order chi connectivity index (χ0) is 7.35. The molecule has 0 heterocycles. The Kier molecular flexibility index (Phi) is 0.828. The Hall–Kier alpha value is -0.870. The van der Waals surface area contributed by atoms with Crippen LogP contribution in [0.5, 0.6) is 0 Å². The highest BCUT2D eigenvalue weighted by Gasteiger charge is 2.23. The lowest BCUT2D eigenvalue weighted by Gasteiger charge is -1.89. The molecule has 0 aliphatic heterocycles. The van der Waals surface area contributed by atoms with Crippen molar-refractivity contribution in [2.75, 3.05) is 0 Å². The van der Waals surface area contributed by atoms with Gasteiger partial charge in [-0.2, -0.15) is 0 Å². The van der Waals surface area contributed by atoms with E-state index in [1.807, 2.05) is 0 Å². The van der Waals surface area contributed by atoms with E-state index in [-0.39, 0.29) is 4.90 Å². The van der Waals surface area contributed by atoms with Crippen molar-refractivity contribution in [2.45, 2.75) is 4.90 Å². The Morgan fingerprint density at radius 3 is 2.20 bits per heavy atom. The molecule has 52 valence electrons. The summed E-state index contributed by atoms with van der Waals surface area (Å²) in [5.41, 5.74) is 1.77. The van der Waals surface area contributed by atoms with E-state index >= 15 is 0 Å². The fourth-order valence-electron chi connectivity index (χ4n) is 0.974. The summed E-state index contributed by atoms with van der Waals surface area (Å²) in [6.45, 7) is 0. The summed E-state index contributed by atoms with van der Waals surface area (Å²) < 4.78 is 21.4. The Morgan fingerprint density at radius 1 is 1.30 bits per heavy atom. The first-order valence-corrected chi connectivity index (χ1v) is 4.31. The second-order valence-electron chi connectivity index (χ2n) is 2.26. The van der Waals surface area contributed by atoms with Gasteiger partial charge in [0.25, 0.3) is 0 Å². The highest BCUT2D eigenvalue weighted by Crippen LogP contribution is 2.39. The molecule has 0 bridgehead atoms. The molecular weight excluding hydrogens is 150 g/mol. The van der Waals surface area contributed by atoms with Crippen molar-refractivity contribution in [3.8, 4) is 11.1 Å². The van der Waals surface area contributed by atoms with Gasteiger partial charge in [-0.15, -0.1) is 0 Å². The van der Waals surface area contributed by atoms with Crippen LogP contribution in [0.1, 0.15) is 0 Å². The lowest BCUT2D eigenvalue weighted by molar-refractivity contribution is 0.598. The van der Waals surface area contributed by atoms with Crippen molar-refractivity contribution >= 4 is 10.0 Å². The molecule has 0 radical (unpaired) electrons. The molecule has 2 aliphatic carbocycles. The lowest BCUT2D eigenvalue weighted by atomic mass is 10.5. The van der Waals surface area contributed by atoms with Crippen molar-refractivity contribution in [1.82, 2.24) is 0 Å². The number of nitrogens with two attached hydrogens (primary N) is 1. The van der Waals surface area contributed by atoms with Crippen molar-refractivity contribution in [2.24, 2.45) is 5.14 Å². The summed E-state index contributed by atoms with van der Waals surface area (Å²) in [6, 6.07) is 5.06. The van der Waals surface area contributed by atoms with Crippen LogP contribution in [0, 0.1) is 0 Å². The van der Waals surface area contributed by atoms with Crippen molar-refractivity contribution < 1.29 is 8.42 Å². The molecule has 0 atom stereocenters. The Labute approximate surface area is 58.5 Å². The first-order chi connectivity index (χ1) is 4.59. The summed E-state index contributed by atoms with van der Waals surface area (Å²) in [7, 11) is -3.47. The van der Waals surface area contributed by atoms with E-state index in [0.29, 0.717) is 0 Å². The minimum absolute atomic E-state index is 0.252. The second kappa shape index (κ2) is 1.41. The second-order valence-corrected chi connectivity index (χ2v) is 3.79. The zero-order valence-electron chi connectivity index (χ0n) is 5.03. The SMILES string of the molecule is NS(=O)(=O)c1ccc2cc1-2. The van der Waals surface area contributed by atoms with Crippen LogP contribution in [0.2, 0.25) is 0 Å². The molecule has 4 heteroatoms. The van der Waals surface area contributed by atoms with Gasteiger partial charge in [-0.3, -0.25) is 0 Å². The highest BCUT2D eigenvalue weighted by molar-refractivity contribution is 7.89. The van der Waals surface area contributed by atoms with Gasteiger partial charge in [0.1, 0.15) is 0 Å². The van der Waals surface area contributed by atoms with Crippen LogP contribution in [0.25, 0.3) is 11.1 Å². The molecule has 0 fully saturated rings. The van der Waals surface area contributed by atoms with E-state index in [0.717, 1.165) is 11.1 Å². The molecule has 0 amide bonds. The summed E-state index contributed by atoms with van der Waals surface area (Å²) >= 11 is 0. The summed E-state index contributed by atoms with van der Waals surface area (Å²) in [4.78, 5) is 0.252. The number of rotatable bonds is 1. The average Bonchev–Trinajstić information content (AvgIpc) is 2.40. The third-order valence-corrected chi connectivity index (χ3v) is 2.48. The first-order valence-electron chi connectivity index (χ1n) is 2.76. The molecule has 10 heavy (non-hydrogen) atoms. The lowest BCUT2D eigenvalue weighted by Crippen LogP contribution is -2.10. The third kappa shape index (κ3) is 0.661. The molecule has 0 aromatic heterocycles. The Bertz CT molecular complexity index is 394. The van der Waals surface area contributed by atoms with Crippen LogP contribution in [0.15, 0.2) is 23.1 Å². The van der Waals surface area contributed by atoms with E-state index in [4.69, 9.17) is 5.14 Å². The predicted molar refractivity (Wildman–Crippen MR) is 36.8 cm³/mol. The molecule has 2 rings (SSSR count). The fourth-order valence-corrected chi connectivity index (χ4v) is 1.72. The van der Waals surface area contributed by atoms with Crippen molar-refractivity contribution in [1.29, 1.82) is 0 Å². The van der Waals surface area contributed by atoms with Crippen molar-refractivity contribution in [3.63, 3.8) is 0 Å². The van der Waals surface area contributed by atoms with Crippen LogP contribution < -0.4 is 5.14 Å². The minimum Gasteiger partial charge on any atom is -0.225 e. The fraction of sp³-hybridized carbons (Fsp3) is 0. The first kappa shape index (κ1) is 5.88. The van der Waals surface area contributed by atoms with Crippen LogP contribution >= 0.6 is 0 Å². The van der Waals surface area contributed by atoms with Crippen molar-refractivity contribution in [3.05, 3.63) is 18.2 Å². The van der Waals surface area contributed by atoms with E-state index < -0.39 is 10.0 Å². The summed E-state index contributed by atoms with van der Waals surface area (Å²) in [5, 5.41) is 4.89. The normalized spacial score (nSPS) is 13.3. The number of hydrogen-bond acceptors (Lipinski definition) is 2. The highest BCUT2D eigenvalue weighted by atomic mass is 32.2. The predicted octanol–water partition coefficient (Wildman–Crippen LogP) is 0.314. The molecule has 0 unspecified atom stereocenters. The molecule has 0 saturated heterocycles. The number of fused-ring (bicyclic) bond motifs is 1. The minimum atomic E-state index is -3.47. The van der Waals surface area contributed by atoms with Gasteiger partial charge in [-0.05, 0) is 17.7 Å². The van der Waals surface area contributed by atoms with Gasteiger partial charge in [0, 0.05) is 5.56 Å². The number of primary sulfonamides is 1. The molecule has 3 nitrogen and oxygen atoms in total. The van der Waals surface area contributed by atoms with Crippen LogP contribution in [0.4, 0.5) is 0 Å². The van der Waals surface area contributed by atoms with Gasteiger partial charge < -0.3 is 0 Å². The maximum Gasteiger partial charge on any atom is 0.238 e. The monoisotopic (exact) mass is 155 g/mol. The Morgan fingerprint density at radius 2 is 2.00 bits per heavy atom. The summed E-state index contributed by atoms with van der Waals surface area (Å²) in [5.74, 6) is 0. The van der Waals surface area contributed by atoms with E-state index in [1.54, 1.807) is 12.1 Å². The van der Waals surface area contributed by atoms with Gasteiger partial charge in [-0.1, -0.05) is 6.07 Å². The van der Waals surface area contributed by atoms with Crippen LogP contribution in [-0.4, -0.2) is 8.42 Å². The molecule has 0 saturated carbocycles. The summed E-state index contributed by atoms with van der Waals surface area (Å²) in [6.07, 6.45) is 0. The third-order valence-electron chi connectivity index (χ3n) is 1.51. The van der Waals surface area contributed by atoms with E-state index in [9.17, 15) is 8.42 Å². The van der Waals surface area contributed by atoms with Crippen LogP contribution in [-0.2, 0) is 10.0 Å². The Balaban J connectivity index is 2.66. The van der Waals surface area contributed by atoms with Gasteiger partial charge in [0.2, 0.25) is 10.0 Å². The molecule has 0 aromatic rings. The topological polar surface area (TPSA) is 60.2 Å². The molecular formula is C6H5NO2S. The molecule has 0 aromatic carbocycles. The van der Waals surface area contributed by atoms with E-state index in [1.165, 1.54) is 6.07 Å². The standard InChI is InChI=1S/C6H5NO2S/c7-10(8,9)6-2-1-4-3-5(4)6/h1-3H,(H2,7,8,9). The number of hydrogen-bond donors (Lipinski definition) is 1. The van der Waals surface area contributed by atoms with Gasteiger partial charge >= 0.3 is 0 Å².